The van der Waals surface area contributed by atoms with Gasteiger partial charge in [-0.15, -0.1) is 0 Å². The zero-order valence-corrected chi connectivity index (χ0v) is 19.7. The molecule has 188 valence electrons. The highest BCUT2D eigenvalue weighted by atomic mass is 32.1. The second-order valence-electron chi connectivity index (χ2n) is 8.02. The zero-order valence-electron chi connectivity index (χ0n) is 18.9. The number of nitrogens with one attached hydrogen (secondary N) is 3. The van der Waals surface area contributed by atoms with E-state index in [1.807, 2.05) is 0 Å². The third-order valence-electron chi connectivity index (χ3n) is 4.81. The number of amides is 4. The molecule has 0 spiro atoms. The van der Waals surface area contributed by atoms with Crippen LogP contribution >= 0.6 is 12.6 Å². The maximum Gasteiger partial charge on any atom is 0.326 e. The molecule has 0 aromatic heterocycles. The van der Waals surface area contributed by atoms with E-state index in [2.05, 4.69) is 28.6 Å². The summed E-state index contributed by atoms with van der Waals surface area (Å²) in [5, 5.41) is 26.0. The van der Waals surface area contributed by atoms with Crippen molar-refractivity contribution in [3.05, 3.63) is 29.8 Å². The van der Waals surface area contributed by atoms with Gasteiger partial charge in [0.1, 0.15) is 23.9 Å². The van der Waals surface area contributed by atoms with E-state index in [1.165, 1.54) is 24.3 Å². The van der Waals surface area contributed by atoms with Crippen molar-refractivity contribution in [1.29, 1.82) is 0 Å². The van der Waals surface area contributed by atoms with Crippen LogP contribution in [0.4, 0.5) is 0 Å². The Morgan fingerprint density at radius 3 is 1.97 bits per heavy atom. The lowest BCUT2D eigenvalue weighted by Crippen LogP contribution is -2.59. The van der Waals surface area contributed by atoms with Gasteiger partial charge in [-0.25, -0.2) is 4.79 Å². The average molecular weight is 498 g/mol. The van der Waals surface area contributed by atoms with Crippen molar-refractivity contribution in [2.45, 2.75) is 50.9 Å². The Morgan fingerprint density at radius 1 is 0.941 bits per heavy atom. The molecule has 0 radical (unpaired) electrons. The van der Waals surface area contributed by atoms with Crippen molar-refractivity contribution in [3.8, 4) is 5.75 Å². The van der Waals surface area contributed by atoms with Crippen molar-refractivity contribution in [2.24, 2.45) is 17.4 Å². The topological polar surface area (TPSA) is 214 Å². The first-order valence-corrected chi connectivity index (χ1v) is 11.1. The van der Waals surface area contributed by atoms with Gasteiger partial charge in [0, 0.05) is 12.2 Å². The Bertz CT molecular complexity index is 894. The quantitative estimate of drug-likeness (QED) is 0.146. The van der Waals surface area contributed by atoms with Crippen molar-refractivity contribution < 1.29 is 34.2 Å². The first kappa shape index (κ1) is 28.7. The fourth-order valence-electron chi connectivity index (χ4n) is 2.89. The standard InChI is InChI=1S/C21H31N5O7S/c1-10(2)17(26-18(29)13(22)9-34)20(31)24-14(7-11-3-5-12(27)6-4-11)19(30)25-15(21(32)33)8-16(23)28/h3-6,10,13-15,17,27,34H,7-9,22H2,1-2H3,(H2,23,28)(H,24,31)(H,25,30)(H,26,29)(H,32,33). The minimum Gasteiger partial charge on any atom is -0.508 e. The number of primary amides is 1. The molecule has 0 heterocycles. The molecule has 0 aliphatic heterocycles. The molecule has 34 heavy (non-hydrogen) atoms. The lowest BCUT2D eigenvalue weighted by atomic mass is 10.00. The van der Waals surface area contributed by atoms with Gasteiger partial charge >= 0.3 is 5.97 Å². The van der Waals surface area contributed by atoms with Gasteiger partial charge in [0.25, 0.3) is 0 Å². The molecular weight excluding hydrogens is 466 g/mol. The molecule has 0 aliphatic rings. The summed E-state index contributed by atoms with van der Waals surface area (Å²) >= 11 is 3.96. The van der Waals surface area contributed by atoms with E-state index < -0.39 is 60.2 Å². The molecule has 12 nitrogen and oxygen atoms in total. The van der Waals surface area contributed by atoms with Crippen LogP contribution in [0.1, 0.15) is 25.8 Å². The van der Waals surface area contributed by atoms with Crippen LogP contribution in [0.25, 0.3) is 0 Å². The van der Waals surface area contributed by atoms with Crippen LogP contribution in [0.15, 0.2) is 24.3 Å². The smallest absolute Gasteiger partial charge is 0.326 e. The maximum absolute atomic E-state index is 13.0. The number of aliphatic carboxylic acids is 1. The van der Waals surface area contributed by atoms with Crippen molar-refractivity contribution >= 4 is 42.2 Å². The first-order valence-electron chi connectivity index (χ1n) is 10.4. The Kier molecular flexibility index (Phi) is 11.3. The summed E-state index contributed by atoms with van der Waals surface area (Å²) in [5.74, 6) is -4.92. The summed E-state index contributed by atoms with van der Waals surface area (Å²) in [5.41, 5.74) is 11.3. The molecule has 0 saturated heterocycles. The number of phenolic OH excluding ortho intramolecular Hbond substituents is 1. The number of phenols is 1. The molecule has 0 saturated carbocycles. The summed E-state index contributed by atoms with van der Waals surface area (Å²) in [6.45, 7) is 3.36. The van der Waals surface area contributed by atoms with Crippen LogP contribution in [-0.4, -0.2) is 69.7 Å². The van der Waals surface area contributed by atoms with E-state index in [9.17, 15) is 34.2 Å². The zero-order chi connectivity index (χ0) is 26.0. The number of carboxylic acids is 1. The third kappa shape index (κ3) is 9.27. The largest absolute Gasteiger partial charge is 0.508 e. The molecule has 1 aromatic carbocycles. The highest BCUT2D eigenvalue weighted by molar-refractivity contribution is 7.80. The minimum absolute atomic E-state index is 0.00991. The average Bonchev–Trinajstić information content (AvgIpc) is 2.76. The van der Waals surface area contributed by atoms with Gasteiger partial charge in [0.05, 0.1) is 12.5 Å². The molecule has 0 aliphatic carbocycles. The van der Waals surface area contributed by atoms with Crippen LogP contribution < -0.4 is 27.4 Å². The fraction of sp³-hybridized carbons (Fsp3) is 0.476. The number of aromatic hydroxyl groups is 1. The van der Waals surface area contributed by atoms with Crippen LogP contribution in [0, 0.1) is 5.92 Å². The lowest BCUT2D eigenvalue weighted by Gasteiger charge is -2.27. The van der Waals surface area contributed by atoms with E-state index in [4.69, 9.17) is 11.5 Å². The van der Waals surface area contributed by atoms with Gasteiger partial charge in [-0.2, -0.15) is 12.6 Å². The summed E-state index contributed by atoms with van der Waals surface area (Å²) < 4.78 is 0. The number of hydrogen-bond donors (Lipinski definition) is 8. The summed E-state index contributed by atoms with van der Waals surface area (Å²) in [7, 11) is 0. The van der Waals surface area contributed by atoms with Crippen LogP contribution in [0.3, 0.4) is 0 Å². The number of carbonyl (C=O) groups excluding carboxylic acids is 4. The number of nitrogens with two attached hydrogens (primary N) is 2. The predicted octanol–water partition coefficient (Wildman–Crippen LogP) is -1.74. The molecule has 0 fully saturated rings. The molecular formula is C21H31N5O7S. The Morgan fingerprint density at radius 2 is 1.50 bits per heavy atom. The van der Waals surface area contributed by atoms with Crippen LogP contribution in [-0.2, 0) is 30.4 Å². The summed E-state index contributed by atoms with van der Waals surface area (Å²) in [6.07, 6.45) is -0.719. The normalized spacial score (nSPS) is 14.4. The Labute approximate surface area is 202 Å². The third-order valence-corrected chi connectivity index (χ3v) is 5.20. The molecule has 9 N–H and O–H groups in total. The van der Waals surface area contributed by atoms with E-state index in [1.54, 1.807) is 13.8 Å². The number of carboxylic acid groups (broad SMARTS) is 1. The monoisotopic (exact) mass is 497 g/mol. The number of benzene rings is 1. The minimum atomic E-state index is -1.60. The Balaban J connectivity index is 3.14. The number of hydrogen-bond acceptors (Lipinski definition) is 8. The van der Waals surface area contributed by atoms with Crippen molar-refractivity contribution in [2.75, 3.05) is 5.75 Å². The van der Waals surface area contributed by atoms with Gasteiger partial charge in [-0.1, -0.05) is 26.0 Å². The summed E-state index contributed by atoms with van der Waals surface area (Å²) in [6, 6.07) is 0.945. The van der Waals surface area contributed by atoms with Gasteiger partial charge < -0.3 is 37.6 Å². The predicted molar refractivity (Wildman–Crippen MR) is 126 cm³/mol. The van der Waals surface area contributed by atoms with Crippen LogP contribution in [0.2, 0.25) is 0 Å². The van der Waals surface area contributed by atoms with Gasteiger partial charge in [-0.3, -0.25) is 19.2 Å². The second-order valence-corrected chi connectivity index (χ2v) is 8.39. The number of rotatable bonds is 13. The molecule has 1 aromatic rings. The highest BCUT2D eigenvalue weighted by Gasteiger charge is 2.32. The molecule has 13 heteroatoms. The molecule has 1 rings (SSSR count). The molecule has 4 amide bonds. The second kappa shape index (κ2) is 13.4. The maximum atomic E-state index is 13.0. The van der Waals surface area contributed by atoms with Crippen molar-refractivity contribution in [1.82, 2.24) is 16.0 Å². The van der Waals surface area contributed by atoms with Crippen LogP contribution in [0.5, 0.6) is 5.75 Å². The molecule has 0 bridgehead atoms. The lowest BCUT2D eigenvalue weighted by molar-refractivity contribution is -0.143. The Hall–Kier alpha value is -3.32. The summed E-state index contributed by atoms with van der Waals surface area (Å²) in [4.78, 5) is 60.7. The van der Waals surface area contributed by atoms with E-state index >= 15 is 0 Å². The SMILES string of the molecule is CC(C)C(NC(=O)C(N)CS)C(=O)NC(Cc1ccc(O)cc1)C(=O)NC(CC(N)=O)C(=O)O. The number of carbonyl (C=O) groups is 5. The molecule has 4 unspecified atom stereocenters. The molecule has 4 atom stereocenters. The van der Waals surface area contributed by atoms with Gasteiger partial charge in [0.15, 0.2) is 0 Å². The van der Waals surface area contributed by atoms with Crippen molar-refractivity contribution in [3.63, 3.8) is 0 Å². The van der Waals surface area contributed by atoms with Gasteiger partial charge in [-0.05, 0) is 23.6 Å². The fourth-order valence-corrected chi connectivity index (χ4v) is 3.06. The van der Waals surface area contributed by atoms with E-state index in [-0.39, 0.29) is 23.8 Å². The van der Waals surface area contributed by atoms with Gasteiger partial charge in [0.2, 0.25) is 23.6 Å². The first-order chi connectivity index (χ1) is 15.8. The number of thiol groups is 1. The highest BCUT2D eigenvalue weighted by Crippen LogP contribution is 2.12. The van der Waals surface area contributed by atoms with E-state index in [0.29, 0.717) is 5.56 Å². The van der Waals surface area contributed by atoms with E-state index in [0.717, 1.165) is 0 Å².